The van der Waals surface area contributed by atoms with Crippen LogP contribution in [-0.4, -0.2) is 25.0 Å². The van der Waals surface area contributed by atoms with Gasteiger partial charge in [-0.25, -0.2) is 4.39 Å². The van der Waals surface area contributed by atoms with E-state index in [-0.39, 0.29) is 11.9 Å². The zero-order valence-electron chi connectivity index (χ0n) is 8.78. The topological polar surface area (TPSA) is 35.2 Å². The Labute approximate surface area is 94.0 Å². The highest BCUT2D eigenvalue weighted by atomic mass is 32.2. The van der Waals surface area contributed by atoms with Crippen molar-refractivity contribution in [1.82, 2.24) is 0 Å². The highest BCUT2D eigenvalue weighted by Gasteiger charge is 2.03. The minimum atomic E-state index is -0.210. The summed E-state index contributed by atoms with van der Waals surface area (Å²) in [7, 11) is 0. The van der Waals surface area contributed by atoms with Crippen molar-refractivity contribution in [2.24, 2.45) is 5.73 Å². The van der Waals surface area contributed by atoms with Crippen molar-refractivity contribution < 1.29 is 9.13 Å². The quantitative estimate of drug-likeness (QED) is 0.760. The van der Waals surface area contributed by atoms with Crippen LogP contribution in [0.3, 0.4) is 0 Å². The number of hydrogen-bond donors (Lipinski definition) is 1. The normalized spacial score (nSPS) is 12.7. The second-order valence-corrected chi connectivity index (χ2v) is 4.28. The number of thioether (sulfide) groups is 1. The second kappa shape index (κ2) is 6.82. The van der Waals surface area contributed by atoms with Gasteiger partial charge in [-0.2, -0.15) is 0 Å². The minimum Gasteiger partial charge on any atom is -0.380 e. The van der Waals surface area contributed by atoms with E-state index in [9.17, 15) is 4.39 Å². The number of hydrogen-bond acceptors (Lipinski definition) is 3. The SMILES string of the molecule is CCOCC(N)CSc1ccc(F)cc1. The fraction of sp³-hybridized carbons (Fsp3) is 0.455. The van der Waals surface area contributed by atoms with Gasteiger partial charge in [0.1, 0.15) is 5.82 Å². The van der Waals surface area contributed by atoms with E-state index in [4.69, 9.17) is 10.5 Å². The van der Waals surface area contributed by atoms with Gasteiger partial charge in [-0.05, 0) is 31.2 Å². The first-order valence-corrected chi connectivity index (χ1v) is 5.92. The molecule has 0 fully saturated rings. The van der Waals surface area contributed by atoms with Crippen molar-refractivity contribution in [3.8, 4) is 0 Å². The lowest BCUT2D eigenvalue weighted by Crippen LogP contribution is -2.28. The van der Waals surface area contributed by atoms with Crippen molar-refractivity contribution >= 4 is 11.8 Å². The summed E-state index contributed by atoms with van der Waals surface area (Å²) in [4.78, 5) is 1.03. The van der Waals surface area contributed by atoms with E-state index in [0.717, 1.165) is 10.6 Å². The van der Waals surface area contributed by atoms with Gasteiger partial charge in [0.15, 0.2) is 0 Å². The first kappa shape index (κ1) is 12.5. The van der Waals surface area contributed by atoms with E-state index in [1.165, 1.54) is 12.1 Å². The van der Waals surface area contributed by atoms with Crippen LogP contribution in [0.5, 0.6) is 0 Å². The van der Waals surface area contributed by atoms with E-state index in [2.05, 4.69) is 0 Å². The maximum Gasteiger partial charge on any atom is 0.123 e. The molecule has 0 aliphatic carbocycles. The summed E-state index contributed by atoms with van der Waals surface area (Å²) in [6.45, 7) is 3.21. The zero-order valence-corrected chi connectivity index (χ0v) is 9.60. The lowest BCUT2D eigenvalue weighted by Gasteiger charge is -2.10. The number of rotatable bonds is 6. The molecule has 0 spiro atoms. The van der Waals surface area contributed by atoms with E-state index in [0.29, 0.717) is 13.2 Å². The van der Waals surface area contributed by atoms with Crippen LogP contribution >= 0.6 is 11.8 Å². The molecule has 84 valence electrons. The molecule has 1 atom stereocenters. The molecule has 0 heterocycles. The Morgan fingerprint density at radius 1 is 1.40 bits per heavy atom. The maximum absolute atomic E-state index is 12.6. The van der Waals surface area contributed by atoms with Crippen molar-refractivity contribution in [2.75, 3.05) is 19.0 Å². The third-order valence-corrected chi connectivity index (χ3v) is 3.01. The molecule has 1 aromatic carbocycles. The fourth-order valence-electron chi connectivity index (χ4n) is 1.05. The molecule has 15 heavy (non-hydrogen) atoms. The Bertz CT molecular complexity index is 278. The van der Waals surface area contributed by atoms with Gasteiger partial charge in [-0.15, -0.1) is 11.8 Å². The third-order valence-electron chi connectivity index (χ3n) is 1.81. The van der Waals surface area contributed by atoms with Gasteiger partial charge in [0.05, 0.1) is 6.61 Å². The average molecular weight is 229 g/mol. The number of halogens is 1. The minimum absolute atomic E-state index is 0.0278. The van der Waals surface area contributed by atoms with Crippen LogP contribution in [0.15, 0.2) is 29.2 Å². The summed E-state index contributed by atoms with van der Waals surface area (Å²) in [5, 5.41) is 0. The average Bonchev–Trinajstić information content (AvgIpc) is 2.25. The van der Waals surface area contributed by atoms with Crippen molar-refractivity contribution in [3.05, 3.63) is 30.1 Å². The molecule has 2 N–H and O–H groups in total. The Morgan fingerprint density at radius 3 is 2.67 bits per heavy atom. The molecule has 1 aromatic rings. The zero-order chi connectivity index (χ0) is 11.1. The van der Waals surface area contributed by atoms with Crippen LogP contribution in [0.4, 0.5) is 4.39 Å². The number of benzene rings is 1. The number of ether oxygens (including phenoxy) is 1. The predicted molar refractivity (Wildman–Crippen MR) is 61.6 cm³/mol. The van der Waals surface area contributed by atoms with Crippen LogP contribution in [-0.2, 0) is 4.74 Å². The summed E-state index contributed by atoms with van der Waals surface area (Å²) in [6, 6.07) is 6.45. The molecular formula is C11H16FNOS. The van der Waals surface area contributed by atoms with Gasteiger partial charge in [0, 0.05) is 23.3 Å². The largest absolute Gasteiger partial charge is 0.380 e. The Kier molecular flexibility index (Phi) is 5.68. The van der Waals surface area contributed by atoms with E-state index in [1.807, 2.05) is 6.92 Å². The van der Waals surface area contributed by atoms with Crippen molar-refractivity contribution in [3.63, 3.8) is 0 Å². The smallest absolute Gasteiger partial charge is 0.123 e. The molecule has 0 aliphatic rings. The molecule has 0 amide bonds. The Balaban J connectivity index is 2.27. The van der Waals surface area contributed by atoms with Gasteiger partial charge >= 0.3 is 0 Å². The van der Waals surface area contributed by atoms with Gasteiger partial charge in [-0.1, -0.05) is 0 Å². The molecule has 0 bridgehead atoms. The van der Waals surface area contributed by atoms with Gasteiger partial charge in [-0.3, -0.25) is 0 Å². The molecule has 0 aliphatic heterocycles. The molecular weight excluding hydrogens is 213 g/mol. The van der Waals surface area contributed by atoms with E-state index < -0.39 is 0 Å². The third kappa shape index (κ3) is 5.16. The molecule has 0 saturated heterocycles. The Morgan fingerprint density at radius 2 is 2.07 bits per heavy atom. The lowest BCUT2D eigenvalue weighted by molar-refractivity contribution is 0.138. The summed E-state index contributed by atoms with van der Waals surface area (Å²) in [5.74, 6) is 0.573. The monoisotopic (exact) mass is 229 g/mol. The van der Waals surface area contributed by atoms with Crippen molar-refractivity contribution in [1.29, 1.82) is 0 Å². The molecule has 0 aromatic heterocycles. The summed E-state index contributed by atoms with van der Waals surface area (Å²) in [6.07, 6.45) is 0. The van der Waals surface area contributed by atoms with E-state index >= 15 is 0 Å². The molecule has 4 heteroatoms. The molecule has 1 unspecified atom stereocenters. The molecule has 1 rings (SSSR count). The van der Waals surface area contributed by atoms with Gasteiger partial charge < -0.3 is 10.5 Å². The Hall–Kier alpha value is -0.580. The molecule has 0 saturated carbocycles. The van der Waals surface area contributed by atoms with E-state index in [1.54, 1.807) is 23.9 Å². The molecule has 2 nitrogen and oxygen atoms in total. The first-order valence-electron chi connectivity index (χ1n) is 4.94. The van der Waals surface area contributed by atoms with Gasteiger partial charge in [0.25, 0.3) is 0 Å². The standard InChI is InChI=1S/C11H16FNOS/c1-2-14-7-10(13)8-15-11-5-3-9(12)4-6-11/h3-6,10H,2,7-8,13H2,1H3. The highest BCUT2D eigenvalue weighted by molar-refractivity contribution is 7.99. The first-order chi connectivity index (χ1) is 7.22. The summed E-state index contributed by atoms with van der Waals surface area (Å²) in [5.41, 5.74) is 5.82. The lowest BCUT2D eigenvalue weighted by atomic mass is 10.3. The van der Waals surface area contributed by atoms with Crippen LogP contribution in [0.1, 0.15) is 6.92 Å². The molecule has 0 radical (unpaired) electrons. The second-order valence-electron chi connectivity index (χ2n) is 3.18. The van der Waals surface area contributed by atoms with Crippen LogP contribution in [0.2, 0.25) is 0 Å². The highest BCUT2D eigenvalue weighted by Crippen LogP contribution is 2.18. The maximum atomic E-state index is 12.6. The van der Waals surface area contributed by atoms with Crippen LogP contribution in [0, 0.1) is 5.82 Å². The van der Waals surface area contributed by atoms with Gasteiger partial charge in [0.2, 0.25) is 0 Å². The predicted octanol–water partition coefficient (Wildman–Crippen LogP) is 2.28. The van der Waals surface area contributed by atoms with Crippen LogP contribution in [0.25, 0.3) is 0 Å². The fourth-order valence-corrected chi connectivity index (χ4v) is 1.88. The van der Waals surface area contributed by atoms with Crippen molar-refractivity contribution in [2.45, 2.75) is 17.9 Å². The summed E-state index contributed by atoms with van der Waals surface area (Å²) >= 11 is 1.62. The van der Waals surface area contributed by atoms with Crippen LogP contribution < -0.4 is 5.73 Å². The summed E-state index contributed by atoms with van der Waals surface area (Å²) < 4.78 is 17.8. The number of nitrogens with two attached hydrogens (primary N) is 1.